The van der Waals surface area contributed by atoms with Crippen molar-refractivity contribution in [3.63, 3.8) is 0 Å². The molecule has 6 nitrogen and oxygen atoms in total. The van der Waals surface area contributed by atoms with E-state index in [1.807, 2.05) is 0 Å². The molecule has 0 aliphatic carbocycles. The Bertz CT molecular complexity index is 527. The number of nitrogens with one attached hydrogen (secondary N) is 2. The lowest BCUT2D eigenvalue weighted by Crippen LogP contribution is -2.12. The standard InChI is InChI=1S/C10H9BrN4O2/c1-17-8-3-6(11)2-7(4-8)13-10(16)9-5-12-15-14-9/h2-5H,1H3,(H,13,16)(H,12,14,15). The van der Waals surface area contributed by atoms with Crippen molar-refractivity contribution in [2.75, 3.05) is 12.4 Å². The molecule has 2 rings (SSSR count). The molecule has 0 aliphatic heterocycles. The number of aromatic nitrogens is 3. The van der Waals surface area contributed by atoms with E-state index in [1.54, 1.807) is 25.3 Å². The molecular formula is C10H9BrN4O2. The van der Waals surface area contributed by atoms with E-state index >= 15 is 0 Å². The Morgan fingerprint density at radius 3 is 2.94 bits per heavy atom. The Morgan fingerprint density at radius 2 is 2.29 bits per heavy atom. The molecule has 0 unspecified atom stereocenters. The van der Waals surface area contributed by atoms with Gasteiger partial charge in [0, 0.05) is 16.2 Å². The number of nitrogens with zero attached hydrogens (tertiary/aromatic N) is 2. The van der Waals surface area contributed by atoms with E-state index in [4.69, 9.17) is 4.74 Å². The number of hydrogen-bond acceptors (Lipinski definition) is 4. The molecule has 0 bridgehead atoms. The van der Waals surface area contributed by atoms with Crippen LogP contribution in [0.5, 0.6) is 5.75 Å². The second kappa shape index (κ2) is 4.96. The quantitative estimate of drug-likeness (QED) is 0.905. The van der Waals surface area contributed by atoms with Gasteiger partial charge in [0.25, 0.3) is 5.91 Å². The van der Waals surface area contributed by atoms with Gasteiger partial charge in [0.2, 0.25) is 0 Å². The fourth-order valence-electron chi connectivity index (χ4n) is 1.26. The van der Waals surface area contributed by atoms with Crippen LogP contribution in [-0.2, 0) is 0 Å². The molecule has 0 saturated heterocycles. The first kappa shape index (κ1) is 11.6. The van der Waals surface area contributed by atoms with Crippen LogP contribution in [0.25, 0.3) is 0 Å². The van der Waals surface area contributed by atoms with Gasteiger partial charge in [-0.3, -0.25) is 4.79 Å². The van der Waals surface area contributed by atoms with Crippen LogP contribution in [-0.4, -0.2) is 28.4 Å². The topological polar surface area (TPSA) is 79.9 Å². The fourth-order valence-corrected chi connectivity index (χ4v) is 1.73. The summed E-state index contributed by atoms with van der Waals surface area (Å²) in [5.74, 6) is 0.314. The monoisotopic (exact) mass is 296 g/mol. The molecule has 0 radical (unpaired) electrons. The van der Waals surface area contributed by atoms with Gasteiger partial charge in [-0.1, -0.05) is 15.9 Å². The van der Waals surface area contributed by atoms with Crippen molar-refractivity contribution >= 4 is 27.5 Å². The van der Waals surface area contributed by atoms with Gasteiger partial charge in [0.15, 0.2) is 5.69 Å². The second-order valence-electron chi connectivity index (χ2n) is 3.19. The molecule has 0 saturated carbocycles. The van der Waals surface area contributed by atoms with Crippen LogP contribution in [0.1, 0.15) is 10.5 Å². The van der Waals surface area contributed by atoms with Gasteiger partial charge in [-0.2, -0.15) is 15.4 Å². The number of H-pyrrole nitrogens is 1. The molecule has 0 atom stereocenters. The van der Waals surface area contributed by atoms with Crippen LogP contribution in [0.4, 0.5) is 5.69 Å². The fraction of sp³-hybridized carbons (Fsp3) is 0.100. The summed E-state index contributed by atoms with van der Waals surface area (Å²) in [6.45, 7) is 0. The maximum Gasteiger partial charge on any atom is 0.277 e. The second-order valence-corrected chi connectivity index (χ2v) is 4.10. The summed E-state index contributed by atoms with van der Waals surface area (Å²) in [5.41, 5.74) is 0.841. The number of anilines is 1. The number of ether oxygens (including phenoxy) is 1. The molecule has 0 fully saturated rings. The number of carbonyl (C=O) groups excluding carboxylic acids is 1. The van der Waals surface area contributed by atoms with Gasteiger partial charge < -0.3 is 10.1 Å². The minimum atomic E-state index is -0.334. The van der Waals surface area contributed by atoms with Crippen LogP contribution in [0.3, 0.4) is 0 Å². The molecule has 0 spiro atoms. The van der Waals surface area contributed by atoms with Crippen molar-refractivity contribution in [3.8, 4) is 5.75 Å². The summed E-state index contributed by atoms with van der Waals surface area (Å²) < 4.78 is 5.90. The molecule has 2 N–H and O–H groups in total. The normalized spacial score (nSPS) is 10.0. The summed E-state index contributed by atoms with van der Waals surface area (Å²) in [7, 11) is 1.56. The number of methoxy groups -OCH3 is 1. The highest BCUT2D eigenvalue weighted by Crippen LogP contribution is 2.24. The average molecular weight is 297 g/mol. The maximum atomic E-state index is 11.7. The summed E-state index contributed by atoms with van der Waals surface area (Å²) in [6.07, 6.45) is 1.35. The van der Waals surface area contributed by atoms with Crippen molar-refractivity contribution in [1.29, 1.82) is 0 Å². The number of rotatable bonds is 3. The van der Waals surface area contributed by atoms with Crippen molar-refractivity contribution in [2.24, 2.45) is 0 Å². The predicted molar refractivity (Wildman–Crippen MR) is 65.0 cm³/mol. The number of halogens is 1. The van der Waals surface area contributed by atoms with Crippen molar-refractivity contribution in [3.05, 3.63) is 34.6 Å². The number of hydrogen-bond donors (Lipinski definition) is 2. The third-order valence-electron chi connectivity index (χ3n) is 2.01. The van der Waals surface area contributed by atoms with Gasteiger partial charge in [0.05, 0.1) is 13.3 Å². The third kappa shape index (κ3) is 2.82. The minimum absolute atomic E-state index is 0.226. The summed E-state index contributed by atoms with van der Waals surface area (Å²) in [6, 6.07) is 5.27. The summed E-state index contributed by atoms with van der Waals surface area (Å²) in [5, 5.41) is 12.3. The highest BCUT2D eigenvalue weighted by molar-refractivity contribution is 9.10. The van der Waals surface area contributed by atoms with E-state index in [0.29, 0.717) is 11.4 Å². The zero-order chi connectivity index (χ0) is 12.3. The number of aromatic amines is 1. The zero-order valence-corrected chi connectivity index (χ0v) is 10.5. The molecule has 0 aliphatic rings. The van der Waals surface area contributed by atoms with Gasteiger partial charge in [-0.15, -0.1) is 0 Å². The molecule has 2 aromatic rings. The van der Waals surface area contributed by atoms with Crippen LogP contribution >= 0.6 is 15.9 Å². The maximum absolute atomic E-state index is 11.7. The van der Waals surface area contributed by atoms with E-state index in [-0.39, 0.29) is 11.6 Å². The van der Waals surface area contributed by atoms with E-state index in [2.05, 4.69) is 36.7 Å². The predicted octanol–water partition coefficient (Wildman–Crippen LogP) is 1.83. The highest BCUT2D eigenvalue weighted by atomic mass is 79.9. The molecule has 1 aromatic heterocycles. The van der Waals surface area contributed by atoms with Crippen LogP contribution < -0.4 is 10.1 Å². The molecular weight excluding hydrogens is 288 g/mol. The van der Waals surface area contributed by atoms with Gasteiger partial charge >= 0.3 is 0 Å². The Hall–Kier alpha value is -1.89. The lowest BCUT2D eigenvalue weighted by atomic mass is 10.3. The van der Waals surface area contributed by atoms with E-state index < -0.39 is 0 Å². The molecule has 17 heavy (non-hydrogen) atoms. The Balaban J connectivity index is 2.18. The average Bonchev–Trinajstić information content (AvgIpc) is 2.81. The summed E-state index contributed by atoms with van der Waals surface area (Å²) >= 11 is 3.33. The van der Waals surface area contributed by atoms with Gasteiger partial charge in [-0.25, -0.2) is 0 Å². The molecule has 88 valence electrons. The van der Waals surface area contributed by atoms with E-state index in [9.17, 15) is 4.79 Å². The van der Waals surface area contributed by atoms with Crippen LogP contribution in [0.2, 0.25) is 0 Å². The Kier molecular flexibility index (Phi) is 3.38. The van der Waals surface area contributed by atoms with Crippen molar-refractivity contribution < 1.29 is 9.53 Å². The highest BCUT2D eigenvalue weighted by Gasteiger charge is 2.09. The molecule has 1 amide bonds. The lowest BCUT2D eigenvalue weighted by molar-refractivity contribution is 0.102. The summed E-state index contributed by atoms with van der Waals surface area (Å²) in [4.78, 5) is 11.7. The van der Waals surface area contributed by atoms with E-state index in [0.717, 1.165) is 4.47 Å². The minimum Gasteiger partial charge on any atom is -0.497 e. The molecule has 1 heterocycles. The number of benzene rings is 1. The van der Waals surface area contributed by atoms with E-state index in [1.165, 1.54) is 6.20 Å². The lowest BCUT2D eigenvalue weighted by Gasteiger charge is -2.06. The first-order chi connectivity index (χ1) is 8.19. The van der Waals surface area contributed by atoms with Gasteiger partial charge in [0.1, 0.15) is 5.75 Å². The number of carbonyl (C=O) groups is 1. The first-order valence-corrected chi connectivity index (χ1v) is 5.50. The smallest absolute Gasteiger partial charge is 0.277 e. The van der Waals surface area contributed by atoms with Crippen molar-refractivity contribution in [2.45, 2.75) is 0 Å². The number of amides is 1. The SMILES string of the molecule is COc1cc(Br)cc(NC(=O)c2cn[nH]n2)c1. The molecule has 1 aromatic carbocycles. The van der Waals surface area contributed by atoms with Gasteiger partial charge in [-0.05, 0) is 12.1 Å². The first-order valence-electron chi connectivity index (χ1n) is 4.71. The Labute approximate surface area is 105 Å². The van der Waals surface area contributed by atoms with Crippen molar-refractivity contribution in [1.82, 2.24) is 15.4 Å². The zero-order valence-electron chi connectivity index (χ0n) is 8.90. The Morgan fingerprint density at radius 1 is 1.47 bits per heavy atom. The van der Waals surface area contributed by atoms with Crippen LogP contribution in [0.15, 0.2) is 28.9 Å². The third-order valence-corrected chi connectivity index (χ3v) is 2.47. The largest absolute Gasteiger partial charge is 0.497 e. The molecule has 7 heteroatoms. The van der Waals surface area contributed by atoms with Crippen LogP contribution in [0, 0.1) is 0 Å².